The van der Waals surface area contributed by atoms with Crippen LogP contribution in [-0.4, -0.2) is 25.5 Å². The predicted molar refractivity (Wildman–Crippen MR) is 54.6 cm³/mol. The molecule has 0 N–H and O–H groups in total. The number of likely N-dealkylation sites (N-methyl/N-ethyl adjacent to an activating group) is 1. The van der Waals surface area contributed by atoms with Gasteiger partial charge in [-0.1, -0.05) is 30.3 Å². The molecule has 1 heterocycles. The van der Waals surface area contributed by atoms with Gasteiger partial charge < -0.3 is 9.47 Å². The Labute approximate surface area is 79.8 Å². The van der Waals surface area contributed by atoms with E-state index >= 15 is 0 Å². The lowest BCUT2D eigenvalue weighted by molar-refractivity contribution is 0.213. The Morgan fingerprint density at radius 2 is 2.00 bits per heavy atom. The summed E-state index contributed by atoms with van der Waals surface area (Å²) in [6.45, 7) is 2.20. The highest BCUT2D eigenvalue weighted by molar-refractivity contribution is 6.24. The van der Waals surface area contributed by atoms with Crippen molar-refractivity contribution in [1.29, 1.82) is 0 Å². The molecule has 13 heavy (non-hydrogen) atoms. The summed E-state index contributed by atoms with van der Waals surface area (Å²) in [5, 5.41) is 0. The zero-order valence-electron chi connectivity index (χ0n) is 8.10. The minimum Gasteiger partial charge on any atom is -0.415 e. The van der Waals surface area contributed by atoms with Gasteiger partial charge in [-0.25, -0.2) is 0 Å². The molecule has 1 aromatic carbocycles. The monoisotopic (exact) mass is 175 g/mol. The molecule has 3 heteroatoms. The molecule has 0 bridgehead atoms. The van der Waals surface area contributed by atoms with Gasteiger partial charge in [-0.15, -0.1) is 0 Å². The first kappa shape index (κ1) is 8.79. The molecule has 0 amide bonds. The molecule has 0 aromatic heterocycles. The van der Waals surface area contributed by atoms with Crippen molar-refractivity contribution in [1.82, 2.24) is 4.81 Å². The lowest BCUT2D eigenvalue weighted by atomic mass is 10.0. The molecule has 1 fully saturated rings. The Hall–Kier alpha value is -0.795. The zero-order chi connectivity index (χ0) is 9.26. The standard InChI is InChI=1S/C10H14BNO/c1-8-10(13-11-12(8)2)9-6-4-3-5-7-9/h3-8,10-11H,1-2H3/t8-,10+/m0/s1. The van der Waals surface area contributed by atoms with Crippen molar-refractivity contribution in [2.24, 2.45) is 0 Å². The van der Waals surface area contributed by atoms with Gasteiger partial charge in [-0.3, -0.25) is 0 Å². The first-order valence-corrected chi connectivity index (χ1v) is 4.66. The fraction of sp³-hybridized carbons (Fsp3) is 0.400. The van der Waals surface area contributed by atoms with Crippen molar-refractivity contribution in [3.8, 4) is 0 Å². The summed E-state index contributed by atoms with van der Waals surface area (Å²) in [6, 6.07) is 10.9. The average molecular weight is 175 g/mol. The van der Waals surface area contributed by atoms with E-state index in [1.165, 1.54) is 5.56 Å². The Morgan fingerprint density at radius 1 is 1.31 bits per heavy atom. The molecule has 0 aliphatic carbocycles. The predicted octanol–water partition coefficient (Wildman–Crippen LogP) is 1.34. The number of hydrogen-bond acceptors (Lipinski definition) is 2. The van der Waals surface area contributed by atoms with Crippen LogP contribution < -0.4 is 0 Å². The third-order valence-electron chi connectivity index (χ3n) is 2.72. The molecule has 2 nitrogen and oxygen atoms in total. The van der Waals surface area contributed by atoms with Gasteiger partial charge >= 0.3 is 7.62 Å². The van der Waals surface area contributed by atoms with Gasteiger partial charge in [0.2, 0.25) is 0 Å². The van der Waals surface area contributed by atoms with Crippen molar-refractivity contribution in [2.45, 2.75) is 19.1 Å². The zero-order valence-corrected chi connectivity index (χ0v) is 8.10. The van der Waals surface area contributed by atoms with Crippen LogP contribution >= 0.6 is 0 Å². The van der Waals surface area contributed by atoms with Crippen LogP contribution in [0.1, 0.15) is 18.6 Å². The topological polar surface area (TPSA) is 12.5 Å². The summed E-state index contributed by atoms with van der Waals surface area (Å²) in [5.74, 6) is 0. The molecule has 1 aliphatic rings. The van der Waals surface area contributed by atoms with Crippen LogP contribution in [0.2, 0.25) is 0 Å². The van der Waals surface area contributed by atoms with Crippen molar-refractivity contribution >= 4 is 7.62 Å². The Kier molecular flexibility index (Phi) is 2.38. The van der Waals surface area contributed by atoms with Gasteiger partial charge in [0.25, 0.3) is 0 Å². The molecule has 1 saturated heterocycles. The molecule has 0 saturated carbocycles. The molecule has 0 unspecified atom stereocenters. The fourth-order valence-electron chi connectivity index (χ4n) is 1.70. The molecule has 0 radical (unpaired) electrons. The van der Waals surface area contributed by atoms with E-state index in [-0.39, 0.29) is 6.10 Å². The van der Waals surface area contributed by atoms with Gasteiger partial charge in [-0.2, -0.15) is 0 Å². The molecule has 2 rings (SSSR count). The van der Waals surface area contributed by atoms with E-state index in [4.69, 9.17) is 4.65 Å². The molecular formula is C10H14BNO. The van der Waals surface area contributed by atoms with Gasteiger partial charge in [0.05, 0.1) is 6.10 Å². The van der Waals surface area contributed by atoms with E-state index in [0.29, 0.717) is 6.04 Å². The fourth-order valence-corrected chi connectivity index (χ4v) is 1.70. The average Bonchev–Trinajstić information content (AvgIpc) is 2.49. The molecule has 68 valence electrons. The highest BCUT2D eigenvalue weighted by Gasteiger charge is 2.30. The highest BCUT2D eigenvalue weighted by Crippen LogP contribution is 2.28. The molecular weight excluding hydrogens is 161 g/mol. The number of hydrogen-bond donors (Lipinski definition) is 0. The number of benzene rings is 1. The molecule has 2 atom stereocenters. The summed E-state index contributed by atoms with van der Waals surface area (Å²) in [4.78, 5) is 2.22. The summed E-state index contributed by atoms with van der Waals surface area (Å²) >= 11 is 0. The van der Waals surface area contributed by atoms with Crippen molar-refractivity contribution in [2.75, 3.05) is 7.05 Å². The Balaban J connectivity index is 2.19. The molecule has 1 aliphatic heterocycles. The van der Waals surface area contributed by atoms with Gasteiger partial charge in [0.15, 0.2) is 0 Å². The normalized spacial score (nSPS) is 28.8. The quantitative estimate of drug-likeness (QED) is 0.597. The molecule has 1 aromatic rings. The highest BCUT2D eigenvalue weighted by atomic mass is 16.5. The van der Waals surface area contributed by atoms with E-state index in [1.54, 1.807) is 0 Å². The van der Waals surface area contributed by atoms with E-state index in [1.807, 2.05) is 6.07 Å². The largest absolute Gasteiger partial charge is 0.415 e. The van der Waals surface area contributed by atoms with Crippen LogP contribution in [0.25, 0.3) is 0 Å². The summed E-state index contributed by atoms with van der Waals surface area (Å²) in [5.41, 5.74) is 1.28. The molecule has 0 spiro atoms. The number of nitrogens with zero attached hydrogens (tertiary/aromatic N) is 1. The second kappa shape index (κ2) is 3.52. The van der Waals surface area contributed by atoms with Crippen LogP contribution in [0.5, 0.6) is 0 Å². The lowest BCUT2D eigenvalue weighted by Gasteiger charge is -2.19. The van der Waals surface area contributed by atoms with Crippen molar-refractivity contribution < 1.29 is 4.65 Å². The van der Waals surface area contributed by atoms with Crippen LogP contribution in [0.4, 0.5) is 0 Å². The second-order valence-corrected chi connectivity index (χ2v) is 3.62. The minimum absolute atomic E-state index is 0.242. The first-order chi connectivity index (χ1) is 6.29. The second-order valence-electron chi connectivity index (χ2n) is 3.62. The summed E-state index contributed by atoms with van der Waals surface area (Å²) < 4.78 is 5.69. The summed E-state index contributed by atoms with van der Waals surface area (Å²) in [7, 11) is 2.83. The third kappa shape index (κ3) is 1.62. The lowest BCUT2D eigenvalue weighted by Crippen LogP contribution is -2.26. The van der Waals surface area contributed by atoms with Crippen molar-refractivity contribution in [3.05, 3.63) is 35.9 Å². The van der Waals surface area contributed by atoms with Crippen LogP contribution in [-0.2, 0) is 4.65 Å². The smallest absolute Gasteiger partial charge is 0.364 e. The van der Waals surface area contributed by atoms with E-state index in [2.05, 4.69) is 43.0 Å². The maximum atomic E-state index is 5.69. The maximum Gasteiger partial charge on any atom is 0.364 e. The minimum atomic E-state index is 0.242. The van der Waals surface area contributed by atoms with Crippen LogP contribution in [0.3, 0.4) is 0 Å². The summed E-state index contributed by atoms with van der Waals surface area (Å²) in [6.07, 6.45) is 0.242. The van der Waals surface area contributed by atoms with Crippen molar-refractivity contribution in [3.63, 3.8) is 0 Å². The van der Waals surface area contributed by atoms with Gasteiger partial charge in [-0.05, 0) is 19.5 Å². The Morgan fingerprint density at radius 3 is 2.54 bits per heavy atom. The van der Waals surface area contributed by atoms with Crippen LogP contribution in [0, 0.1) is 0 Å². The van der Waals surface area contributed by atoms with E-state index in [9.17, 15) is 0 Å². The van der Waals surface area contributed by atoms with Crippen LogP contribution in [0.15, 0.2) is 30.3 Å². The van der Waals surface area contributed by atoms with E-state index in [0.717, 1.165) is 7.62 Å². The Bertz CT molecular complexity index is 278. The first-order valence-electron chi connectivity index (χ1n) is 4.66. The number of rotatable bonds is 1. The maximum absolute atomic E-state index is 5.69. The van der Waals surface area contributed by atoms with Gasteiger partial charge in [0.1, 0.15) is 0 Å². The third-order valence-corrected chi connectivity index (χ3v) is 2.72. The van der Waals surface area contributed by atoms with E-state index < -0.39 is 0 Å². The van der Waals surface area contributed by atoms with Gasteiger partial charge in [0, 0.05) is 6.04 Å². The SMILES string of the molecule is C[C@H]1[C@H](c2ccccc2)OBN1C.